The Kier molecular flexibility index (Phi) is 7.92. The van der Waals surface area contributed by atoms with Crippen LogP contribution in [0, 0.1) is 10.1 Å². The summed E-state index contributed by atoms with van der Waals surface area (Å²) in [4.78, 5) is 10.6. The molecule has 0 unspecified atom stereocenters. The maximum atomic E-state index is 13.5. The highest BCUT2D eigenvalue weighted by Crippen LogP contribution is 2.32. The summed E-state index contributed by atoms with van der Waals surface area (Å²) < 4.78 is 62.2. The van der Waals surface area contributed by atoms with Crippen LogP contribution in [0.2, 0.25) is 0 Å². The van der Waals surface area contributed by atoms with Crippen LogP contribution in [0.4, 0.5) is 0 Å². The largest absolute Gasteiger partial charge is 0.493 e. The van der Waals surface area contributed by atoms with Gasteiger partial charge < -0.3 is 9.47 Å². The molecule has 0 radical (unpaired) electrons. The van der Waals surface area contributed by atoms with Crippen molar-refractivity contribution in [1.82, 2.24) is 0 Å². The predicted molar refractivity (Wildman–Crippen MR) is 130 cm³/mol. The second kappa shape index (κ2) is 10.7. The molecule has 0 heterocycles. The SMILES string of the molecule is COc1ccc(/C=C(\CC(S(=O)(=O)c2ccccc2)S(=O)(=O)c2ccccc2)[N+](=O)[O-])cc1OC. The molecule has 0 aromatic heterocycles. The van der Waals surface area contributed by atoms with E-state index in [9.17, 15) is 26.9 Å². The molecule has 0 N–H and O–H groups in total. The Morgan fingerprint density at radius 2 is 1.31 bits per heavy atom. The van der Waals surface area contributed by atoms with Crippen LogP contribution in [-0.2, 0) is 19.7 Å². The molecule has 0 atom stereocenters. The van der Waals surface area contributed by atoms with Crippen molar-refractivity contribution in [2.24, 2.45) is 0 Å². The lowest BCUT2D eigenvalue weighted by Gasteiger charge is -2.18. The van der Waals surface area contributed by atoms with Gasteiger partial charge in [0.05, 0.1) is 35.4 Å². The average molecular weight is 518 g/mol. The molecule has 0 amide bonds. The van der Waals surface area contributed by atoms with Crippen molar-refractivity contribution in [3.8, 4) is 11.5 Å². The smallest absolute Gasteiger partial charge is 0.249 e. The molecule has 0 spiro atoms. The molecular weight excluding hydrogens is 494 g/mol. The van der Waals surface area contributed by atoms with E-state index in [0.717, 1.165) is 6.08 Å². The molecule has 35 heavy (non-hydrogen) atoms. The third kappa shape index (κ3) is 5.69. The van der Waals surface area contributed by atoms with Gasteiger partial charge in [0, 0.05) is 6.08 Å². The van der Waals surface area contributed by atoms with Crippen LogP contribution < -0.4 is 9.47 Å². The van der Waals surface area contributed by atoms with E-state index in [1.54, 1.807) is 12.1 Å². The van der Waals surface area contributed by atoms with E-state index in [1.165, 1.54) is 80.9 Å². The first-order valence-corrected chi connectivity index (χ1v) is 13.4. The number of rotatable bonds is 10. The topological polar surface area (TPSA) is 130 Å². The molecule has 11 heteroatoms. The zero-order valence-electron chi connectivity index (χ0n) is 18.9. The summed E-state index contributed by atoms with van der Waals surface area (Å²) in [5, 5.41) is 11.9. The standard InChI is InChI=1S/C24H23NO8S2/c1-32-22-14-13-18(16-23(22)33-2)15-19(25(26)27)17-24(34(28,29)20-9-5-3-6-10-20)35(30,31)21-11-7-4-8-12-21/h3-16,24H,17H2,1-2H3/b19-15+. The van der Waals surface area contributed by atoms with Crippen molar-refractivity contribution in [3.05, 3.63) is 100 Å². The van der Waals surface area contributed by atoms with Crippen molar-refractivity contribution >= 4 is 25.8 Å². The number of benzene rings is 3. The molecule has 0 saturated heterocycles. The van der Waals surface area contributed by atoms with Gasteiger partial charge in [0.15, 0.2) is 35.8 Å². The Balaban J connectivity index is 2.16. The Morgan fingerprint density at radius 1 is 0.829 bits per heavy atom. The Bertz CT molecular complexity index is 1370. The lowest BCUT2D eigenvalue weighted by molar-refractivity contribution is -0.425. The maximum absolute atomic E-state index is 13.5. The number of allylic oxidation sites excluding steroid dienone is 1. The average Bonchev–Trinajstić information content (AvgIpc) is 2.86. The van der Waals surface area contributed by atoms with Crippen LogP contribution in [0.3, 0.4) is 0 Å². The summed E-state index contributed by atoms with van der Waals surface area (Å²) in [6.45, 7) is 0. The fraction of sp³-hybridized carbons (Fsp3) is 0.167. The van der Waals surface area contributed by atoms with Crippen LogP contribution in [0.25, 0.3) is 6.08 Å². The minimum Gasteiger partial charge on any atom is -0.493 e. The van der Waals surface area contributed by atoms with Gasteiger partial charge >= 0.3 is 0 Å². The second-order valence-corrected chi connectivity index (χ2v) is 11.9. The van der Waals surface area contributed by atoms with Crippen molar-refractivity contribution in [2.45, 2.75) is 20.8 Å². The van der Waals surface area contributed by atoms with E-state index in [0.29, 0.717) is 17.1 Å². The molecule has 0 bridgehead atoms. The van der Waals surface area contributed by atoms with Gasteiger partial charge in [0.25, 0.3) is 0 Å². The Labute approximate surface area is 203 Å². The molecule has 3 aromatic carbocycles. The van der Waals surface area contributed by atoms with E-state index >= 15 is 0 Å². The van der Waals surface area contributed by atoms with E-state index < -0.39 is 41.3 Å². The minimum absolute atomic E-state index is 0.252. The zero-order chi connectivity index (χ0) is 25.6. The number of sulfone groups is 2. The maximum Gasteiger partial charge on any atom is 0.249 e. The van der Waals surface area contributed by atoms with Crippen LogP contribution in [0.15, 0.2) is 94.4 Å². The van der Waals surface area contributed by atoms with Gasteiger partial charge in [-0.1, -0.05) is 42.5 Å². The van der Waals surface area contributed by atoms with E-state index in [4.69, 9.17) is 9.47 Å². The lowest BCUT2D eigenvalue weighted by atomic mass is 10.1. The summed E-state index contributed by atoms with van der Waals surface area (Å²) in [5.41, 5.74) is -0.288. The molecule has 0 aliphatic heterocycles. The second-order valence-electron chi connectivity index (χ2n) is 7.36. The summed E-state index contributed by atoms with van der Waals surface area (Å²) in [6, 6.07) is 18.5. The number of hydrogen-bond donors (Lipinski definition) is 0. The van der Waals surface area contributed by atoms with Crippen LogP contribution in [-0.4, -0.2) is 40.6 Å². The minimum atomic E-state index is -4.53. The van der Waals surface area contributed by atoms with Crippen LogP contribution >= 0.6 is 0 Å². The molecule has 3 rings (SSSR count). The Morgan fingerprint density at radius 3 is 1.74 bits per heavy atom. The zero-order valence-corrected chi connectivity index (χ0v) is 20.5. The van der Waals surface area contributed by atoms with Gasteiger partial charge in [0.1, 0.15) is 0 Å². The number of nitro groups is 1. The molecule has 0 saturated carbocycles. The Hall–Kier alpha value is -3.70. The molecule has 0 aliphatic rings. The van der Waals surface area contributed by atoms with Gasteiger partial charge in [0.2, 0.25) is 5.70 Å². The van der Waals surface area contributed by atoms with Crippen LogP contribution in [0.5, 0.6) is 11.5 Å². The summed E-state index contributed by atoms with van der Waals surface area (Å²) in [7, 11) is -6.23. The van der Waals surface area contributed by atoms with Gasteiger partial charge in [-0.05, 0) is 42.0 Å². The third-order valence-electron chi connectivity index (χ3n) is 5.19. The van der Waals surface area contributed by atoms with Crippen molar-refractivity contribution < 1.29 is 31.2 Å². The molecule has 9 nitrogen and oxygen atoms in total. The summed E-state index contributed by atoms with van der Waals surface area (Å²) in [6.07, 6.45) is 0.242. The number of nitrogens with zero attached hydrogens (tertiary/aromatic N) is 1. The molecule has 0 fully saturated rings. The van der Waals surface area contributed by atoms with Crippen molar-refractivity contribution in [3.63, 3.8) is 0 Å². The molecule has 3 aromatic rings. The van der Waals surface area contributed by atoms with Crippen molar-refractivity contribution in [2.75, 3.05) is 14.2 Å². The highest BCUT2D eigenvalue weighted by atomic mass is 32.3. The number of hydrogen-bond acceptors (Lipinski definition) is 8. The van der Waals surface area contributed by atoms with Gasteiger partial charge in [-0.3, -0.25) is 10.1 Å². The van der Waals surface area contributed by atoms with Gasteiger partial charge in [-0.15, -0.1) is 0 Å². The van der Waals surface area contributed by atoms with Crippen LogP contribution in [0.1, 0.15) is 12.0 Å². The summed E-state index contributed by atoms with van der Waals surface area (Å²) in [5.74, 6) is 0.692. The molecule has 0 aliphatic carbocycles. The van der Waals surface area contributed by atoms with E-state index in [2.05, 4.69) is 0 Å². The monoisotopic (exact) mass is 517 g/mol. The van der Waals surface area contributed by atoms with E-state index in [-0.39, 0.29) is 9.79 Å². The highest BCUT2D eigenvalue weighted by Gasteiger charge is 2.42. The first-order chi connectivity index (χ1) is 16.6. The van der Waals surface area contributed by atoms with E-state index in [1.807, 2.05) is 0 Å². The first kappa shape index (κ1) is 25.9. The normalized spacial score (nSPS) is 12.4. The molecular formula is C24H23NO8S2. The number of methoxy groups -OCH3 is 2. The third-order valence-corrected chi connectivity index (χ3v) is 10.3. The fourth-order valence-corrected chi connectivity index (χ4v) is 7.86. The van der Waals surface area contributed by atoms with Gasteiger partial charge in [-0.25, -0.2) is 16.8 Å². The molecule has 184 valence electrons. The van der Waals surface area contributed by atoms with Gasteiger partial charge in [-0.2, -0.15) is 0 Å². The highest BCUT2D eigenvalue weighted by molar-refractivity contribution is 8.09. The summed E-state index contributed by atoms with van der Waals surface area (Å²) >= 11 is 0. The first-order valence-electron chi connectivity index (χ1n) is 10.3. The predicted octanol–water partition coefficient (Wildman–Crippen LogP) is 3.99. The lowest BCUT2D eigenvalue weighted by Crippen LogP contribution is -2.32. The quantitative estimate of drug-likeness (QED) is 0.292. The fourth-order valence-electron chi connectivity index (χ4n) is 3.40. The number of ether oxygens (including phenoxy) is 2. The van der Waals surface area contributed by atoms with Crippen molar-refractivity contribution in [1.29, 1.82) is 0 Å².